The maximum Gasteiger partial charge on any atom is 0.0642 e. The van der Waals surface area contributed by atoms with Crippen LogP contribution < -0.4 is 5.32 Å². The summed E-state index contributed by atoms with van der Waals surface area (Å²) < 4.78 is 0. The standard InChI is InChI=1S/C15H15Cl2N/c1-2-11-6-8-13(9-7-11)18-10-12-4-3-5-14(16)15(12)17/h3-9,18H,2,10H2,1H3. The predicted molar refractivity (Wildman–Crippen MR) is 79.6 cm³/mol. The minimum atomic E-state index is 0.595. The second-order valence-corrected chi connectivity index (χ2v) is 4.90. The van der Waals surface area contributed by atoms with Gasteiger partial charge in [-0.3, -0.25) is 0 Å². The van der Waals surface area contributed by atoms with Crippen LogP contribution >= 0.6 is 23.2 Å². The van der Waals surface area contributed by atoms with E-state index < -0.39 is 0 Å². The molecule has 18 heavy (non-hydrogen) atoms. The Balaban J connectivity index is 2.04. The molecule has 2 aromatic rings. The zero-order chi connectivity index (χ0) is 13.0. The predicted octanol–water partition coefficient (Wildman–Crippen LogP) is 5.17. The molecule has 2 rings (SSSR count). The van der Waals surface area contributed by atoms with Crippen molar-refractivity contribution < 1.29 is 0 Å². The van der Waals surface area contributed by atoms with Crippen LogP contribution in [-0.2, 0) is 13.0 Å². The van der Waals surface area contributed by atoms with Gasteiger partial charge in [-0.15, -0.1) is 0 Å². The van der Waals surface area contributed by atoms with Crippen LogP contribution in [0.3, 0.4) is 0 Å². The molecule has 0 amide bonds. The Kier molecular flexibility index (Phi) is 4.51. The minimum Gasteiger partial charge on any atom is -0.381 e. The lowest BCUT2D eigenvalue weighted by atomic mass is 10.1. The maximum absolute atomic E-state index is 6.14. The average Bonchev–Trinajstić information content (AvgIpc) is 2.41. The third-order valence-electron chi connectivity index (χ3n) is 2.88. The number of aryl methyl sites for hydroxylation is 1. The van der Waals surface area contributed by atoms with Crippen molar-refractivity contribution in [2.75, 3.05) is 5.32 Å². The lowest BCUT2D eigenvalue weighted by molar-refractivity contribution is 1.12. The van der Waals surface area contributed by atoms with Crippen LogP contribution in [0.25, 0.3) is 0 Å². The largest absolute Gasteiger partial charge is 0.381 e. The molecule has 0 unspecified atom stereocenters. The summed E-state index contributed by atoms with van der Waals surface area (Å²) in [5.41, 5.74) is 3.42. The molecule has 0 atom stereocenters. The zero-order valence-corrected chi connectivity index (χ0v) is 11.7. The van der Waals surface area contributed by atoms with Gasteiger partial charge in [0, 0.05) is 12.2 Å². The van der Waals surface area contributed by atoms with Gasteiger partial charge in [0.25, 0.3) is 0 Å². The van der Waals surface area contributed by atoms with Crippen LogP contribution in [-0.4, -0.2) is 0 Å². The summed E-state index contributed by atoms with van der Waals surface area (Å²) in [6, 6.07) is 14.1. The first-order valence-corrected chi connectivity index (χ1v) is 6.72. The molecule has 0 aromatic heterocycles. The third-order valence-corrected chi connectivity index (χ3v) is 3.73. The summed E-state index contributed by atoms with van der Waals surface area (Å²) in [5, 5.41) is 4.55. The summed E-state index contributed by atoms with van der Waals surface area (Å²) in [6.07, 6.45) is 1.06. The molecule has 0 heterocycles. The number of nitrogens with one attached hydrogen (secondary N) is 1. The van der Waals surface area contributed by atoms with Crippen molar-refractivity contribution in [1.29, 1.82) is 0 Å². The van der Waals surface area contributed by atoms with E-state index in [4.69, 9.17) is 23.2 Å². The fourth-order valence-electron chi connectivity index (χ4n) is 1.74. The van der Waals surface area contributed by atoms with Crippen molar-refractivity contribution in [3.8, 4) is 0 Å². The van der Waals surface area contributed by atoms with Crippen LogP contribution in [0.2, 0.25) is 10.0 Å². The molecular weight excluding hydrogens is 265 g/mol. The van der Waals surface area contributed by atoms with E-state index in [2.05, 4.69) is 36.5 Å². The monoisotopic (exact) mass is 279 g/mol. The van der Waals surface area contributed by atoms with Crippen molar-refractivity contribution >= 4 is 28.9 Å². The van der Waals surface area contributed by atoms with E-state index in [9.17, 15) is 0 Å². The van der Waals surface area contributed by atoms with E-state index in [1.807, 2.05) is 12.1 Å². The van der Waals surface area contributed by atoms with Crippen LogP contribution in [0.1, 0.15) is 18.1 Å². The highest BCUT2D eigenvalue weighted by atomic mass is 35.5. The van der Waals surface area contributed by atoms with Gasteiger partial charge in [0.2, 0.25) is 0 Å². The van der Waals surface area contributed by atoms with Crippen LogP contribution in [0.5, 0.6) is 0 Å². The molecule has 94 valence electrons. The van der Waals surface area contributed by atoms with E-state index >= 15 is 0 Å². The molecule has 0 aliphatic carbocycles. The fraction of sp³-hybridized carbons (Fsp3) is 0.200. The molecule has 0 aliphatic rings. The number of hydrogen-bond acceptors (Lipinski definition) is 1. The number of hydrogen-bond donors (Lipinski definition) is 1. The van der Waals surface area contributed by atoms with Crippen LogP contribution in [0.4, 0.5) is 5.69 Å². The Hall–Kier alpha value is -1.18. The summed E-state index contributed by atoms with van der Waals surface area (Å²) >= 11 is 12.1. The highest BCUT2D eigenvalue weighted by molar-refractivity contribution is 6.42. The second kappa shape index (κ2) is 6.12. The molecule has 3 heteroatoms. The van der Waals surface area contributed by atoms with Gasteiger partial charge < -0.3 is 5.32 Å². The molecule has 0 bridgehead atoms. The molecule has 0 radical (unpaired) electrons. The highest BCUT2D eigenvalue weighted by Gasteiger charge is 2.03. The second-order valence-electron chi connectivity index (χ2n) is 4.12. The molecule has 1 nitrogen and oxygen atoms in total. The molecule has 2 aromatic carbocycles. The number of rotatable bonds is 4. The molecular formula is C15H15Cl2N. The molecule has 0 spiro atoms. The summed E-state index contributed by atoms with van der Waals surface area (Å²) in [7, 11) is 0. The van der Waals surface area contributed by atoms with Gasteiger partial charge in [0.15, 0.2) is 0 Å². The van der Waals surface area contributed by atoms with E-state index in [0.717, 1.165) is 17.7 Å². The number of anilines is 1. The van der Waals surface area contributed by atoms with Crippen molar-refractivity contribution in [2.45, 2.75) is 19.9 Å². The number of halogens is 2. The van der Waals surface area contributed by atoms with Gasteiger partial charge in [-0.1, -0.05) is 54.4 Å². The Bertz CT molecular complexity index is 521. The van der Waals surface area contributed by atoms with Gasteiger partial charge >= 0.3 is 0 Å². The van der Waals surface area contributed by atoms with E-state index in [1.165, 1.54) is 5.56 Å². The molecule has 0 aliphatic heterocycles. The van der Waals surface area contributed by atoms with Crippen molar-refractivity contribution in [1.82, 2.24) is 0 Å². The van der Waals surface area contributed by atoms with Gasteiger partial charge in [0.05, 0.1) is 10.0 Å². The van der Waals surface area contributed by atoms with E-state index in [-0.39, 0.29) is 0 Å². The van der Waals surface area contributed by atoms with Gasteiger partial charge in [0.1, 0.15) is 0 Å². The summed E-state index contributed by atoms with van der Waals surface area (Å²) in [4.78, 5) is 0. The van der Waals surface area contributed by atoms with Crippen molar-refractivity contribution in [2.24, 2.45) is 0 Å². The fourth-order valence-corrected chi connectivity index (χ4v) is 2.13. The zero-order valence-electron chi connectivity index (χ0n) is 10.2. The van der Waals surface area contributed by atoms with Gasteiger partial charge in [-0.25, -0.2) is 0 Å². The quantitative estimate of drug-likeness (QED) is 0.814. The third kappa shape index (κ3) is 3.18. The van der Waals surface area contributed by atoms with Crippen LogP contribution in [0.15, 0.2) is 42.5 Å². The topological polar surface area (TPSA) is 12.0 Å². The lowest BCUT2D eigenvalue weighted by Crippen LogP contribution is -2.00. The number of benzene rings is 2. The Morgan fingerprint density at radius 1 is 1.00 bits per heavy atom. The Morgan fingerprint density at radius 3 is 2.39 bits per heavy atom. The summed E-state index contributed by atoms with van der Waals surface area (Å²) in [6.45, 7) is 2.82. The first-order chi connectivity index (χ1) is 8.70. The van der Waals surface area contributed by atoms with Crippen LogP contribution in [0, 0.1) is 0 Å². The van der Waals surface area contributed by atoms with Gasteiger partial charge in [-0.05, 0) is 35.7 Å². The smallest absolute Gasteiger partial charge is 0.0642 e. The van der Waals surface area contributed by atoms with E-state index in [0.29, 0.717) is 16.6 Å². The maximum atomic E-state index is 6.14. The Morgan fingerprint density at radius 2 is 1.72 bits per heavy atom. The van der Waals surface area contributed by atoms with Crippen molar-refractivity contribution in [3.05, 3.63) is 63.6 Å². The average molecular weight is 280 g/mol. The first kappa shape index (κ1) is 13.3. The minimum absolute atomic E-state index is 0.595. The lowest BCUT2D eigenvalue weighted by Gasteiger charge is -2.09. The molecule has 0 saturated carbocycles. The first-order valence-electron chi connectivity index (χ1n) is 5.96. The van der Waals surface area contributed by atoms with E-state index in [1.54, 1.807) is 6.07 Å². The Labute approximate surface area is 118 Å². The molecule has 1 N–H and O–H groups in total. The SMILES string of the molecule is CCc1ccc(NCc2cccc(Cl)c2Cl)cc1. The molecule has 0 saturated heterocycles. The normalized spacial score (nSPS) is 10.4. The summed E-state index contributed by atoms with van der Waals surface area (Å²) in [5.74, 6) is 0. The molecule has 0 fully saturated rings. The highest BCUT2D eigenvalue weighted by Crippen LogP contribution is 2.26. The van der Waals surface area contributed by atoms with Gasteiger partial charge in [-0.2, -0.15) is 0 Å². The van der Waals surface area contributed by atoms with Crippen molar-refractivity contribution in [3.63, 3.8) is 0 Å².